The van der Waals surface area contributed by atoms with Crippen molar-refractivity contribution < 1.29 is 15.0 Å². The molecule has 70 valence electrons. The molecule has 0 aromatic heterocycles. The standard InChI is InChI=1S/C10H12O3/c1-3-7-4-8(6(2)11)5-9(12)10(7)13/h4-5,12-13H,3H2,1-2H3. The van der Waals surface area contributed by atoms with Gasteiger partial charge in [0.25, 0.3) is 0 Å². The fraction of sp³-hybridized carbons (Fsp3) is 0.300. The molecular weight excluding hydrogens is 168 g/mol. The summed E-state index contributed by atoms with van der Waals surface area (Å²) in [4.78, 5) is 11.0. The molecule has 0 atom stereocenters. The molecule has 0 saturated carbocycles. The molecule has 1 rings (SSSR count). The van der Waals surface area contributed by atoms with E-state index < -0.39 is 0 Å². The first-order valence-corrected chi connectivity index (χ1v) is 4.12. The molecule has 0 saturated heterocycles. The quantitative estimate of drug-likeness (QED) is 0.539. The molecule has 0 bridgehead atoms. The average molecular weight is 180 g/mol. The number of rotatable bonds is 2. The van der Waals surface area contributed by atoms with Crippen LogP contribution in [-0.2, 0) is 6.42 Å². The van der Waals surface area contributed by atoms with Gasteiger partial charge in [-0.3, -0.25) is 4.79 Å². The third kappa shape index (κ3) is 1.80. The number of phenols is 2. The molecule has 0 aliphatic carbocycles. The van der Waals surface area contributed by atoms with Crippen LogP contribution in [0.2, 0.25) is 0 Å². The van der Waals surface area contributed by atoms with Gasteiger partial charge in [0.05, 0.1) is 0 Å². The first-order chi connectivity index (χ1) is 6.06. The highest BCUT2D eigenvalue weighted by Crippen LogP contribution is 2.30. The van der Waals surface area contributed by atoms with E-state index in [1.54, 1.807) is 6.07 Å². The molecule has 0 aliphatic rings. The molecule has 1 aromatic rings. The molecular formula is C10H12O3. The van der Waals surface area contributed by atoms with Gasteiger partial charge in [0.1, 0.15) is 0 Å². The van der Waals surface area contributed by atoms with Crippen LogP contribution >= 0.6 is 0 Å². The zero-order valence-corrected chi connectivity index (χ0v) is 7.66. The lowest BCUT2D eigenvalue weighted by Gasteiger charge is -2.05. The lowest BCUT2D eigenvalue weighted by atomic mass is 10.0. The summed E-state index contributed by atoms with van der Waals surface area (Å²) in [5.74, 6) is -0.484. The van der Waals surface area contributed by atoms with Gasteiger partial charge < -0.3 is 10.2 Å². The van der Waals surface area contributed by atoms with Gasteiger partial charge in [-0.15, -0.1) is 0 Å². The molecule has 0 spiro atoms. The Kier molecular flexibility index (Phi) is 2.56. The van der Waals surface area contributed by atoms with E-state index in [2.05, 4.69) is 0 Å². The summed E-state index contributed by atoms with van der Waals surface area (Å²) in [6.45, 7) is 3.27. The Hall–Kier alpha value is -1.51. The maximum absolute atomic E-state index is 11.0. The summed E-state index contributed by atoms with van der Waals surface area (Å²) in [6.07, 6.45) is 0.584. The number of hydrogen-bond acceptors (Lipinski definition) is 3. The minimum Gasteiger partial charge on any atom is -0.504 e. The molecule has 13 heavy (non-hydrogen) atoms. The molecule has 0 heterocycles. The van der Waals surface area contributed by atoms with Gasteiger partial charge in [0, 0.05) is 5.56 Å². The molecule has 0 amide bonds. The van der Waals surface area contributed by atoms with Gasteiger partial charge in [-0.05, 0) is 31.0 Å². The van der Waals surface area contributed by atoms with Crippen molar-refractivity contribution in [2.75, 3.05) is 0 Å². The predicted octanol–water partition coefficient (Wildman–Crippen LogP) is 1.86. The number of Topliss-reactive ketones (excluding diaryl/α,β-unsaturated/α-hetero) is 1. The topological polar surface area (TPSA) is 57.5 Å². The second kappa shape index (κ2) is 3.47. The van der Waals surface area contributed by atoms with E-state index in [1.165, 1.54) is 13.0 Å². The molecule has 2 N–H and O–H groups in total. The van der Waals surface area contributed by atoms with Crippen LogP contribution in [0.4, 0.5) is 0 Å². The number of phenolic OH excluding ortho intramolecular Hbond substituents is 2. The van der Waals surface area contributed by atoms with Crippen molar-refractivity contribution in [3.8, 4) is 11.5 Å². The van der Waals surface area contributed by atoms with Crippen LogP contribution in [0.3, 0.4) is 0 Å². The number of aryl methyl sites for hydroxylation is 1. The summed E-state index contributed by atoms with van der Waals surface area (Å²) >= 11 is 0. The lowest BCUT2D eigenvalue weighted by Crippen LogP contribution is -1.94. The molecule has 3 heteroatoms. The highest BCUT2D eigenvalue weighted by Gasteiger charge is 2.09. The van der Waals surface area contributed by atoms with Crippen molar-refractivity contribution in [1.29, 1.82) is 0 Å². The second-order valence-corrected chi connectivity index (χ2v) is 2.91. The highest BCUT2D eigenvalue weighted by molar-refractivity contribution is 5.95. The lowest BCUT2D eigenvalue weighted by molar-refractivity contribution is 0.101. The smallest absolute Gasteiger partial charge is 0.160 e. The van der Waals surface area contributed by atoms with E-state index in [9.17, 15) is 15.0 Å². The van der Waals surface area contributed by atoms with Crippen LogP contribution in [0.5, 0.6) is 11.5 Å². The number of benzene rings is 1. The van der Waals surface area contributed by atoms with E-state index in [4.69, 9.17) is 0 Å². The van der Waals surface area contributed by atoms with Gasteiger partial charge in [0.15, 0.2) is 17.3 Å². The Morgan fingerprint density at radius 3 is 2.46 bits per heavy atom. The predicted molar refractivity (Wildman–Crippen MR) is 49.2 cm³/mol. The van der Waals surface area contributed by atoms with Gasteiger partial charge >= 0.3 is 0 Å². The molecule has 0 aliphatic heterocycles. The van der Waals surface area contributed by atoms with Gasteiger partial charge in [-0.1, -0.05) is 6.92 Å². The first-order valence-electron chi connectivity index (χ1n) is 4.12. The Morgan fingerprint density at radius 1 is 1.38 bits per heavy atom. The van der Waals surface area contributed by atoms with Crippen LogP contribution in [0.1, 0.15) is 29.8 Å². The Morgan fingerprint density at radius 2 is 2.00 bits per heavy atom. The average Bonchev–Trinajstić information content (AvgIpc) is 2.09. The number of aromatic hydroxyl groups is 2. The third-order valence-corrected chi connectivity index (χ3v) is 1.96. The monoisotopic (exact) mass is 180 g/mol. The minimum atomic E-state index is -0.232. The molecule has 1 aromatic carbocycles. The maximum Gasteiger partial charge on any atom is 0.160 e. The summed E-state index contributed by atoms with van der Waals surface area (Å²) in [6, 6.07) is 2.87. The summed E-state index contributed by atoms with van der Waals surface area (Å²) < 4.78 is 0. The van der Waals surface area contributed by atoms with Crippen molar-refractivity contribution in [2.24, 2.45) is 0 Å². The van der Waals surface area contributed by atoms with Crippen LogP contribution in [0.15, 0.2) is 12.1 Å². The fourth-order valence-electron chi connectivity index (χ4n) is 1.15. The van der Waals surface area contributed by atoms with E-state index in [0.29, 0.717) is 17.5 Å². The summed E-state index contributed by atoms with van der Waals surface area (Å²) in [7, 11) is 0. The first kappa shape index (κ1) is 9.58. The van der Waals surface area contributed by atoms with Crippen LogP contribution in [0.25, 0.3) is 0 Å². The van der Waals surface area contributed by atoms with E-state index >= 15 is 0 Å². The van der Waals surface area contributed by atoms with Gasteiger partial charge in [-0.25, -0.2) is 0 Å². The Labute approximate surface area is 76.6 Å². The molecule has 0 unspecified atom stereocenters. The number of carbonyl (C=O) groups is 1. The Balaban J connectivity index is 3.30. The highest BCUT2D eigenvalue weighted by atomic mass is 16.3. The van der Waals surface area contributed by atoms with Gasteiger partial charge in [-0.2, -0.15) is 0 Å². The number of ketones is 1. The van der Waals surface area contributed by atoms with E-state index in [-0.39, 0.29) is 17.3 Å². The van der Waals surface area contributed by atoms with Crippen LogP contribution in [0, 0.1) is 0 Å². The zero-order chi connectivity index (χ0) is 10.0. The van der Waals surface area contributed by atoms with E-state index in [1.807, 2.05) is 6.92 Å². The zero-order valence-electron chi connectivity index (χ0n) is 7.66. The normalized spacial score (nSPS) is 10.0. The van der Waals surface area contributed by atoms with E-state index in [0.717, 1.165) is 0 Å². The van der Waals surface area contributed by atoms with Crippen molar-refractivity contribution in [3.63, 3.8) is 0 Å². The largest absolute Gasteiger partial charge is 0.504 e. The summed E-state index contributed by atoms with van der Waals surface area (Å²) in [5.41, 5.74) is 1.01. The minimum absolute atomic E-state index is 0.120. The van der Waals surface area contributed by atoms with Crippen molar-refractivity contribution in [2.45, 2.75) is 20.3 Å². The Bertz CT molecular complexity index is 342. The SMILES string of the molecule is CCc1cc(C(C)=O)cc(O)c1O. The molecule has 0 fully saturated rings. The molecule has 0 radical (unpaired) electrons. The van der Waals surface area contributed by atoms with Crippen molar-refractivity contribution in [1.82, 2.24) is 0 Å². The molecule has 3 nitrogen and oxygen atoms in total. The number of hydrogen-bond donors (Lipinski definition) is 2. The summed E-state index contributed by atoms with van der Waals surface area (Å²) in [5, 5.41) is 18.6. The van der Waals surface area contributed by atoms with Gasteiger partial charge in [0.2, 0.25) is 0 Å². The fourth-order valence-corrected chi connectivity index (χ4v) is 1.15. The van der Waals surface area contributed by atoms with Crippen molar-refractivity contribution in [3.05, 3.63) is 23.3 Å². The maximum atomic E-state index is 11.0. The van der Waals surface area contributed by atoms with Crippen LogP contribution in [-0.4, -0.2) is 16.0 Å². The number of carbonyl (C=O) groups excluding carboxylic acids is 1. The van der Waals surface area contributed by atoms with Crippen LogP contribution < -0.4 is 0 Å². The second-order valence-electron chi connectivity index (χ2n) is 2.91. The van der Waals surface area contributed by atoms with Crippen molar-refractivity contribution >= 4 is 5.78 Å². The third-order valence-electron chi connectivity index (χ3n) is 1.96.